The standard InChI is InChI=1S/C15H19N7O2S/c1-10-4-12(17-2)22-13(10)14(18-9-19-22)21-7-15(8-21)5-11(6-15)20(3)25(16,23)24/h4,9,11H,5-8H2,1,3H3,(H2,16,23,24). The molecule has 1 saturated heterocycles. The van der Waals surface area contributed by atoms with Gasteiger partial charge in [0.2, 0.25) is 0 Å². The van der Waals surface area contributed by atoms with Crippen LogP contribution in [0.3, 0.4) is 0 Å². The van der Waals surface area contributed by atoms with Gasteiger partial charge in [-0.05, 0) is 31.4 Å². The molecule has 0 bridgehead atoms. The summed E-state index contributed by atoms with van der Waals surface area (Å²) in [4.78, 5) is 10.1. The topological polar surface area (TPSA) is 101 Å². The Morgan fingerprint density at radius 3 is 2.72 bits per heavy atom. The first-order valence-corrected chi connectivity index (χ1v) is 9.46. The molecule has 2 aromatic heterocycles. The van der Waals surface area contributed by atoms with Gasteiger partial charge in [-0.1, -0.05) is 11.7 Å². The van der Waals surface area contributed by atoms with Gasteiger partial charge in [-0.3, -0.25) is 0 Å². The molecule has 0 radical (unpaired) electrons. The molecule has 2 aromatic rings. The van der Waals surface area contributed by atoms with Gasteiger partial charge >= 0.3 is 0 Å². The SMILES string of the molecule is [C-]#[N+]c1cc(C)c2c(N3CC4(CC(N(C)S(N)(=O)=O)C4)C3)ncnn12. The van der Waals surface area contributed by atoms with Crippen molar-refractivity contribution in [2.45, 2.75) is 25.8 Å². The second kappa shape index (κ2) is 5.14. The maximum atomic E-state index is 11.4. The number of hydrogen-bond donors (Lipinski definition) is 1. The number of nitrogens with two attached hydrogens (primary N) is 1. The van der Waals surface area contributed by atoms with Gasteiger partial charge in [-0.2, -0.15) is 17.2 Å². The third kappa shape index (κ3) is 2.38. The van der Waals surface area contributed by atoms with Crippen LogP contribution in [0, 0.1) is 18.9 Å². The highest BCUT2D eigenvalue weighted by molar-refractivity contribution is 7.86. The van der Waals surface area contributed by atoms with E-state index in [0.29, 0.717) is 5.82 Å². The Morgan fingerprint density at radius 1 is 1.44 bits per heavy atom. The normalized spacial score (nSPS) is 19.9. The molecule has 1 spiro atoms. The van der Waals surface area contributed by atoms with Gasteiger partial charge in [0.25, 0.3) is 16.0 Å². The monoisotopic (exact) mass is 361 g/mol. The average molecular weight is 361 g/mol. The molecular formula is C15H19N7O2S. The Balaban J connectivity index is 1.52. The van der Waals surface area contributed by atoms with Crippen molar-refractivity contribution in [1.29, 1.82) is 0 Å². The molecule has 2 fully saturated rings. The van der Waals surface area contributed by atoms with Crippen molar-refractivity contribution >= 4 is 27.4 Å². The molecule has 0 aromatic carbocycles. The number of aryl methyl sites for hydroxylation is 1. The lowest BCUT2D eigenvalue weighted by Crippen LogP contribution is -2.67. The van der Waals surface area contributed by atoms with Crippen LogP contribution < -0.4 is 10.0 Å². The number of aromatic nitrogens is 3. The van der Waals surface area contributed by atoms with E-state index in [1.165, 1.54) is 17.7 Å². The summed E-state index contributed by atoms with van der Waals surface area (Å²) in [6, 6.07) is 1.79. The molecule has 4 rings (SSSR count). The van der Waals surface area contributed by atoms with Crippen molar-refractivity contribution in [1.82, 2.24) is 18.9 Å². The second-order valence-electron chi connectivity index (χ2n) is 7.12. The predicted molar refractivity (Wildman–Crippen MR) is 92.5 cm³/mol. The Kier molecular flexibility index (Phi) is 3.34. The summed E-state index contributed by atoms with van der Waals surface area (Å²) in [5.41, 5.74) is 1.97. The number of fused-ring (bicyclic) bond motifs is 1. The molecule has 2 N–H and O–H groups in total. The van der Waals surface area contributed by atoms with E-state index in [1.54, 1.807) is 4.52 Å². The molecule has 132 valence electrons. The first-order chi connectivity index (χ1) is 11.7. The lowest BCUT2D eigenvalue weighted by molar-refractivity contribution is 0.0207. The summed E-state index contributed by atoms with van der Waals surface area (Å²) < 4.78 is 25.8. The Bertz CT molecular complexity index is 993. The van der Waals surface area contributed by atoms with Crippen LogP contribution in [0.4, 0.5) is 11.6 Å². The zero-order chi connectivity index (χ0) is 18.0. The Labute approximate surface area is 146 Å². The van der Waals surface area contributed by atoms with E-state index >= 15 is 0 Å². The van der Waals surface area contributed by atoms with Crippen LogP contribution in [0.2, 0.25) is 0 Å². The van der Waals surface area contributed by atoms with Gasteiger partial charge in [0.1, 0.15) is 0 Å². The lowest BCUT2D eigenvalue weighted by atomic mass is 9.60. The third-order valence-corrected chi connectivity index (χ3v) is 6.53. The highest BCUT2D eigenvalue weighted by atomic mass is 32.2. The molecule has 2 aliphatic rings. The predicted octanol–water partition coefficient (Wildman–Crippen LogP) is 0.693. The van der Waals surface area contributed by atoms with Crippen LogP contribution in [-0.2, 0) is 10.2 Å². The van der Waals surface area contributed by atoms with E-state index in [4.69, 9.17) is 11.7 Å². The van der Waals surface area contributed by atoms with E-state index in [2.05, 4.69) is 19.8 Å². The maximum Gasteiger partial charge on any atom is 0.276 e. The summed E-state index contributed by atoms with van der Waals surface area (Å²) in [5, 5.41) is 9.38. The van der Waals surface area contributed by atoms with Gasteiger partial charge in [0, 0.05) is 31.6 Å². The van der Waals surface area contributed by atoms with Gasteiger partial charge in [0.05, 0.1) is 0 Å². The van der Waals surface area contributed by atoms with Crippen molar-refractivity contribution < 1.29 is 8.42 Å². The highest BCUT2D eigenvalue weighted by Crippen LogP contribution is 2.51. The molecule has 3 heterocycles. The lowest BCUT2D eigenvalue weighted by Gasteiger charge is -2.60. The molecule has 25 heavy (non-hydrogen) atoms. The smallest absolute Gasteiger partial charge is 0.276 e. The first kappa shape index (κ1) is 16.3. The van der Waals surface area contributed by atoms with Crippen molar-refractivity contribution in [2.75, 3.05) is 25.0 Å². The summed E-state index contributed by atoms with van der Waals surface area (Å²) in [6.45, 7) is 10.9. The van der Waals surface area contributed by atoms with Crippen molar-refractivity contribution in [2.24, 2.45) is 10.6 Å². The number of hydrogen-bond acceptors (Lipinski definition) is 5. The minimum atomic E-state index is -3.63. The molecular weight excluding hydrogens is 342 g/mol. The van der Waals surface area contributed by atoms with E-state index < -0.39 is 10.2 Å². The molecule has 1 saturated carbocycles. The number of nitrogens with zero attached hydrogens (tertiary/aromatic N) is 6. The van der Waals surface area contributed by atoms with Crippen LogP contribution in [0.1, 0.15) is 18.4 Å². The second-order valence-corrected chi connectivity index (χ2v) is 8.73. The zero-order valence-corrected chi connectivity index (χ0v) is 14.9. The summed E-state index contributed by atoms with van der Waals surface area (Å²) in [6.07, 6.45) is 3.09. The Hall–Kier alpha value is -2.22. The molecule has 1 aliphatic heterocycles. The van der Waals surface area contributed by atoms with Crippen LogP contribution in [0.15, 0.2) is 12.4 Å². The molecule has 9 nitrogen and oxygen atoms in total. The zero-order valence-electron chi connectivity index (χ0n) is 14.0. The minimum absolute atomic E-state index is 0.0219. The van der Waals surface area contributed by atoms with Crippen LogP contribution >= 0.6 is 0 Å². The summed E-state index contributed by atoms with van der Waals surface area (Å²) >= 11 is 0. The highest BCUT2D eigenvalue weighted by Gasteiger charge is 2.55. The van der Waals surface area contributed by atoms with Crippen LogP contribution in [-0.4, -0.2) is 53.5 Å². The first-order valence-electron chi connectivity index (χ1n) is 7.96. The fourth-order valence-corrected chi connectivity index (χ4v) is 4.64. The molecule has 0 unspecified atom stereocenters. The van der Waals surface area contributed by atoms with Gasteiger partial charge < -0.3 is 9.74 Å². The van der Waals surface area contributed by atoms with E-state index in [9.17, 15) is 8.42 Å². The van der Waals surface area contributed by atoms with Gasteiger partial charge in [0.15, 0.2) is 17.7 Å². The molecule has 0 amide bonds. The van der Waals surface area contributed by atoms with Gasteiger partial charge in [-0.15, -0.1) is 0 Å². The number of rotatable bonds is 3. The summed E-state index contributed by atoms with van der Waals surface area (Å²) in [7, 11) is -2.10. The minimum Gasteiger partial charge on any atom is -0.362 e. The van der Waals surface area contributed by atoms with E-state index in [0.717, 1.165) is 42.8 Å². The van der Waals surface area contributed by atoms with E-state index in [-0.39, 0.29) is 11.5 Å². The van der Waals surface area contributed by atoms with Gasteiger partial charge in [-0.25, -0.2) is 10.1 Å². The maximum absolute atomic E-state index is 11.4. The number of anilines is 1. The molecule has 1 aliphatic carbocycles. The summed E-state index contributed by atoms with van der Waals surface area (Å²) in [5.74, 6) is 1.31. The van der Waals surface area contributed by atoms with E-state index in [1.807, 2.05) is 13.0 Å². The Morgan fingerprint density at radius 2 is 2.12 bits per heavy atom. The van der Waals surface area contributed by atoms with Crippen molar-refractivity contribution in [3.63, 3.8) is 0 Å². The van der Waals surface area contributed by atoms with Crippen LogP contribution in [0.5, 0.6) is 0 Å². The quantitative estimate of drug-likeness (QED) is 0.811. The third-order valence-electron chi connectivity index (χ3n) is 5.43. The van der Waals surface area contributed by atoms with Crippen molar-refractivity contribution in [3.8, 4) is 0 Å². The molecule has 0 atom stereocenters. The van der Waals surface area contributed by atoms with Crippen molar-refractivity contribution in [3.05, 3.63) is 29.4 Å². The molecule has 10 heteroatoms. The largest absolute Gasteiger partial charge is 0.362 e. The average Bonchev–Trinajstić information content (AvgIpc) is 2.80. The fourth-order valence-electron chi connectivity index (χ4n) is 4.07. The fraction of sp³-hybridized carbons (Fsp3) is 0.533. The van der Waals surface area contributed by atoms with Crippen LogP contribution in [0.25, 0.3) is 10.4 Å².